The second-order valence-corrected chi connectivity index (χ2v) is 11.5. The first-order valence-corrected chi connectivity index (χ1v) is 14.3. The van der Waals surface area contributed by atoms with Crippen molar-refractivity contribution in [2.24, 2.45) is 0 Å². The number of halogens is 1. The van der Waals surface area contributed by atoms with Gasteiger partial charge in [-0.3, -0.25) is 19.3 Å². The van der Waals surface area contributed by atoms with E-state index in [9.17, 15) is 19.2 Å². The number of carbonyl (C=O) groups excluding carboxylic acids is 4. The first kappa shape index (κ1) is 27.5. The number of thioether (sulfide) groups is 1. The van der Waals surface area contributed by atoms with Gasteiger partial charge < -0.3 is 19.5 Å². The van der Waals surface area contributed by atoms with Crippen molar-refractivity contribution in [2.75, 3.05) is 32.7 Å². The van der Waals surface area contributed by atoms with Crippen LogP contribution in [0.25, 0.3) is 6.08 Å². The van der Waals surface area contributed by atoms with Gasteiger partial charge in [-0.2, -0.15) is 0 Å². The van der Waals surface area contributed by atoms with Crippen LogP contribution < -0.4 is 14.8 Å². The van der Waals surface area contributed by atoms with E-state index in [-0.39, 0.29) is 11.5 Å². The normalized spacial score (nSPS) is 16.1. The zero-order chi connectivity index (χ0) is 26.7. The number of hydrogen-bond acceptors (Lipinski definition) is 9. The summed E-state index contributed by atoms with van der Waals surface area (Å²) < 4.78 is 16.7. The van der Waals surface area contributed by atoms with E-state index in [2.05, 4.69) is 27.9 Å². The summed E-state index contributed by atoms with van der Waals surface area (Å²) in [6, 6.07) is 3.51. The van der Waals surface area contributed by atoms with Crippen molar-refractivity contribution in [2.45, 2.75) is 32.6 Å². The second kappa shape index (κ2) is 11.9. The van der Waals surface area contributed by atoms with E-state index in [0.29, 0.717) is 27.6 Å². The molecule has 4 rings (SSSR count). The van der Waals surface area contributed by atoms with Crippen molar-refractivity contribution in [3.63, 3.8) is 0 Å². The number of carbonyl (C=O) groups is 4. The molecular formula is C25H25IN2O7S2. The predicted octanol–water partition coefficient (Wildman–Crippen LogP) is 5.10. The van der Waals surface area contributed by atoms with Gasteiger partial charge in [0, 0.05) is 4.88 Å². The molecule has 0 saturated carbocycles. The fourth-order valence-corrected chi connectivity index (χ4v) is 7.17. The second-order valence-electron chi connectivity index (χ2n) is 8.19. The Morgan fingerprint density at radius 1 is 1.16 bits per heavy atom. The molecule has 1 N–H and O–H groups in total. The Labute approximate surface area is 236 Å². The van der Waals surface area contributed by atoms with Gasteiger partial charge in [0.2, 0.25) is 5.91 Å². The Bertz CT molecular complexity index is 1300. The third-order valence-corrected chi connectivity index (χ3v) is 8.75. The van der Waals surface area contributed by atoms with E-state index >= 15 is 0 Å². The van der Waals surface area contributed by atoms with E-state index in [4.69, 9.17) is 14.2 Å². The quantitative estimate of drug-likeness (QED) is 0.238. The number of amides is 3. The minimum Gasteiger partial charge on any atom is -0.493 e. The fraction of sp³-hybridized carbons (Fsp3) is 0.360. The van der Waals surface area contributed by atoms with Crippen molar-refractivity contribution in [3.8, 4) is 11.5 Å². The van der Waals surface area contributed by atoms with Gasteiger partial charge in [-0.1, -0.05) is 0 Å². The predicted molar refractivity (Wildman–Crippen MR) is 150 cm³/mol. The zero-order valence-corrected chi connectivity index (χ0v) is 24.3. The highest BCUT2D eigenvalue weighted by Crippen LogP contribution is 2.39. The molecule has 0 bridgehead atoms. The van der Waals surface area contributed by atoms with Crippen molar-refractivity contribution >= 4 is 79.8 Å². The smallest absolute Gasteiger partial charge is 0.341 e. The van der Waals surface area contributed by atoms with Crippen molar-refractivity contribution in [3.05, 3.63) is 42.2 Å². The first-order valence-electron chi connectivity index (χ1n) is 11.6. The molecular weight excluding hydrogens is 631 g/mol. The zero-order valence-electron chi connectivity index (χ0n) is 20.5. The largest absolute Gasteiger partial charge is 0.493 e. The highest BCUT2D eigenvalue weighted by molar-refractivity contribution is 14.1. The monoisotopic (exact) mass is 656 g/mol. The molecule has 3 amide bonds. The molecule has 1 aliphatic carbocycles. The number of methoxy groups -OCH3 is 2. The van der Waals surface area contributed by atoms with Crippen LogP contribution in [0.2, 0.25) is 0 Å². The summed E-state index contributed by atoms with van der Waals surface area (Å²) in [5.41, 5.74) is 1.95. The molecule has 1 aliphatic heterocycles. The number of ether oxygens (including phenoxy) is 3. The van der Waals surface area contributed by atoms with E-state index < -0.39 is 29.6 Å². The Kier molecular flexibility index (Phi) is 8.80. The lowest BCUT2D eigenvalue weighted by Crippen LogP contribution is -2.36. The lowest BCUT2D eigenvalue weighted by molar-refractivity contribution is -0.127. The number of rotatable bonds is 8. The van der Waals surface area contributed by atoms with E-state index in [1.165, 1.54) is 25.6 Å². The molecule has 1 aromatic heterocycles. The highest BCUT2D eigenvalue weighted by Gasteiger charge is 2.37. The molecule has 0 unspecified atom stereocenters. The van der Waals surface area contributed by atoms with Crippen LogP contribution in [-0.4, -0.2) is 55.3 Å². The number of nitrogens with zero attached hydrogens (tertiary/aromatic N) is 1. The molecule has 0 spiro atoms. The SMILES string of the molecule is CCOC(=O)c1c(NC(=O)CN2C(=O)SC(=Cc3cc(I)c(OC)c(OC)c3)C2=O)sc2c1CCCC2. The van der Waals surface area contributed by atoms with Crippen LogP contribution in [0, 0.1) is 3.57 Å². The van der Waals surface area contributed by atoms with Gasteiger partial charge in [0.1, 0.15) is 11.5 Å². The molecule has 0 radical (unpaired) electrons. The Morgan fingerprint density at radius 2 is 1.92 bits per heavy atom. The van der Waals surface area contributed by atoms with Crippen LogP contribution in [0.4, 0.5) is 9.80 Å². The number of fused-ring (bicyclic) bond motifs is 1. The highest BCUT2D eigenvalue weighted by atomic mass is 127. The van der Waals surface area contributed by atoms with Gasteiger partial charge >= 0.3 is 5.97 Å². The number of thiophene rings is 1. The Hall–Kier alpha value is -2.58. The molecule has 9 nitrogen and oxygen atoms in total. The third-order valence-electron chi connectivity index (χ3n) is 5.83. The molecule has 1 saturated heterocycles. The molecule has 196 valence electrons. The molecule has 37 heavy (non-hydrogen) atoms. The number of aryl methyl sites for hydroxylation is 1. The molecule has 2 aliphatic rings. The van der Waals surface area contributed by atoms with Crippen LogP contribution in [0.5, 0.6) is 11.5 Å². The third kappa shape index (κ3) is 5.80. The van der Waals surface area contributed by atoms with Crippen LogP contribution in [0.1, 0.15) is 46.1 Å². The van der Waals surface area contributed by atoms with E-state index in [1.54, 1.807) is 25.1 Å². The maximum atomic E-state index is 13.0. The Morgan fingerprint density at radius 3 is 2.62 bits per heavy atom. The molecule has 2 aromatic rings. The number of anilines is 1. The summed E-state index contributed by atoms with van der Waals surface area (Å²) in [7, 11) is 3.05. The van der Waals surface area contributed by atoms with Crippen molar-refractivity contribution in [1.82, 2.24) is 4.90 Å². The lowest BCUT2D eigenvalue weighted by atomic mass is 9.95. The summed E-state index contributed by atoms with van der Waals surface area (Å²) in [6.45, 7) is 1.49. The standard InChI is InChI=1S/C25H25IN2O7S2/c1-4-35-24(31)20-14-7-5-6-8-17(14)36-22(20)27-19(29)12-28-23(30)18(37-25(28)32)11-13-9-15(26)21(34-3)16(10-13)33-2/h9-11H,4-8,12H2,1-3H3,(H,27,29). The first-order chi connectivity index (χ1) is 17.8. The number of esters is 1. The summed E-state index contributed by atoms with van der Waals surface area (Å²) in [6.07, 6.45) is 5.15. The Balaban J connectivity index is 1.51. The van der Waals surface area contributed by atoms with Gasteiger partial charge in [0.05, 0.1) is 34.9 Å². The van der Waals surface area contributed by atoms with Gasteiger partial charge in [0.15, 0.2) is 11.5 Å². The van der Waals surface area contributed by atoms with E-state index in [1.807, 2.05) is 0 Å². The molecule has 2 heterocycles. The van der Waals surface area contributed by atoms with E-state index in [0.717, 1.165) is 56.4 Å². The number of imide groups is 1. The average Bonchev–Trinajstić information content (AvgIpc) is 3.35. The van der Waals surface area contributed by atoms with Gasteiger partial charge in [-0.05, 0) is 96.3 Å². The summed E-state index contributed by atoms with van der Waals surface area (Å²) in [5.74, 6) is -0.534. The number of benzene rings is 1. The van der Waals surface area contributed by atoms with Crippen molar-refractivity contribution in [1.29, 1.82) is 0 Å². The van der Waals surface area contributed by atoms with Gasteiger partial charge in [0.25, 0.3) is 11.1 Å². The lowest BCUT2D eigenvalue weighted by Gasteiger charge is -2.13. The van der Waals surface area contributed by atoms with Crippen LogP contribution in [-0.2, 0) is 27.2 Å². The summed E-state index contributed by atoms with van der Waals surface area (Å²) in [5, 5.41) is 2.60. The fourth-order valence-electron chi connectivity index (χ4n) is 4.19. The van der Waals surface area contributed by atoms with Gasteiger partial charge in [-0.25, -0.2) is 4.79 Å². The van der Waals surface area contributed by atoms with Gasteiger partial charge in [-0.15, -0.1) is 11.3 Å². The number of nitrogens with one attached hydrogen (secondary N) is 1. The number of hydrogen-bond donors (Lipinski definition) is 1. The van der Waals surface area contributed by atoms with Crippen molar-refractivity contribution < 1.29 is 33.4 Å². The van der Waals surface area contributed by atoms with Crippen LogP contribution in [0.15, 0.2) is 17.0 Å². The average molecular weight is 657 g/mol. The topological polar surface area (TPSA) is 111 Å². The maximum absolute atomic E-state index is 13.0. The van der Waals surface area contributed by atoms with Crippen LogP contribution in [0.3, 0.4) is 0 Å². The van der Waals surface area contributed by atoms with Crippen LogP contribution >= 0.6 is 45.7 Å². The minimum atomic E-state index is -0.564. The summed E-state index contributed by atoms with van der Waals surface area (Å²) in [4.78, 5) is 53.3. The molecule has 1 aromatic carbocycles. The molecule has 1 fully saturated rings. The molecule has 0 atom stereocenters. The minimum absolute atomic E-state index is 0.194. The molecule has 12 heteroatoms. The maximum Gasteiger partial charge on any atom is 0.341 e. The summed E-state index contributed by atoms with van der Waals surface area (Å²) >= 11 is 4.22.